The van der Waals surface area contributed by atoms with Gasteiger partial charge in [-0.05, 0) is 56.7 Å². The zero-order valence-corrected chi connectivity index (χ0v) is 19.2. The number of ether oxygens (including phenoxy) is 2. The van der Waals surface area contributed by atoms with Crippen LogP contribution in [0.5, 0.6) is 5.75 Å². The second kappa shape index (κ2) is 9.04. The summed E-state index contributed by atoms with van der Waals surface area (Å²) < 4.78 is 13.4. The first kappa shape index (κ1) is 21.9. The highest BCUT2D eigenvalue weighted by Crippen LogP contribution is 2.29. The van der Waals surface area contributed by atoms with Crippen molar-refractivity contribution < 1.29 is 14.3 Å². The minimum atomic E-state index is -0.212. The fraction of sp³-hybridized carbons (Fsp3) is 0.292. The molecule has 8 heteroatoms. The molecule has 1 amide bonds. The molecule has 0 aliphatic carbocycles. The van der Waals surface area contributed by atoms with E-state index in [9.17, 15) is 4.79 Å². The normalized spacial score (nSPS) is 18.5. The number of amides is 1. The molecule has 1 aromatic carbocycles. The summed E-state index contributed by atoms with van der Waals surface area (Å²) in [7, 11) is 1.62. The summed E-state index contributed by atoms with van der Waals surface area (Å²) in [6.45, 7) is 6.31. The number of morpholine rings is 1. The molecule has 1 aliphatic heterocycles. The number of halogens is 1. The molecular formula is C24H25ClN4O3. The van der Waals surface area contributed by atoms with E-state index in [0.717, 1.165) is 22.6 Å². The van der Waals surface area contributed by atoms with Gasteiger partial charge in [0.05, 0.1) is 48.1 Å². The number of aryl methyl sites for hydroxylation is 1. The average Bonchev–Trinajstić information content (AvgIpc) is 3.22. The smallest absolute Gasteiger partial charge is 0.289 e. The van der Waals surface area contributed by atoms with E-state index in [-0.39, 0.29) is 23.8 Å². The number of carbonyl (C=O) groups is 1. The summed E-state index contributed by atoms with van der Waals surface area (Å²) in [5.74, 6) is 0.780. The van der Waals surface area contributed by atoms with Crippen molar-refractivity contribution in [3.8, 4) is 11.4 Å². The Balaban J connectivity index is 1.62. The van der Waals surface area contributed by atoms with Gasteiger partial charge in [0.25, 0.3) is 5.91 Å². The molecule has 3 aromatic rings. The fourth-order valence-corrected chi connectivity index (χ4v) is 3.84. The van der Waals surface area contributed by atoms with Gasteiger partial charge >= 0.3 is 0 Å². The molecule has 0 saturated carbocycles. The van der Waals surface area contributed by atoms with Gasteiger partial charge in [-0.15, -0.1) is 0 Å². The number of pyridine rings is 1. The van der Waals surface area contributed by atoms with Gasteiger partial charge in [-0.1, -0.05) is 17.7 Å². The molecule has 0 spiro atoms. The van der Waals surface area contributed by atoms with Crippen LogP contribution in [-0.4, -0.2) is 45.1 Å². The van der Waals surface area contributed by atoms with Crippen molar-refractivity contribution in [3.63, 3.8) is 0 Å². The van der Waals surface area contributed by atoms with Crippen LogP contribution in [0.3, 0.4) is 0 Å². The van der Waals surface area contributed by atoms with Crippen LogP contribution in [0.4, 0.5) is 0 Å². The highest BCUT2D eigenvalue weighted by Gasteiger charge is 2.33. The Morgan fingerprint density at radius 3 is 2.75 bits per heavy atom. The van der Waals surface area contributed by atoms with Crippen molar-refractivity contribution in [1.29, 1.82) is 0 Å². The molecule has 0 bridgehead atoms. The van der Waals surface area contributed by atoms with Gasteiger partial charge in [-0.3, -0.25) is 9.78 Å². The van der Waals surface area contributed by atoms with Crippen LogP contribution in [0.1, 0.15) is 36.8 Å². The van der Waals surface area contributed by atoms with E-state index in [0.29, 0.717) is 17.3 Å². The number of nitrogens with zero attached hydrogens (tertiary/aromatic N) is 4. The van der Waals surface area contributed by atoms with Crippen LogP contribution < -0.4 is 4.74 Å². The summed E-state index contributed by atoms with van der Waals surface area (Å²) in [5, 5.41) is 0.562. The number of aromatic nitrogens is 3. The Morgan fingerprint density at radius 2 is 2.09 bits per heavy atom. The Bertz CT molecular complexity index is 1160. The molecule has 1 saturated heterocycles. The summed E-state index contributed by atoms with van der Waals surface area (Å²) in [4.78, 5) is 23.7. The molecule has 1 aliphatic rings. The summed E-state index contributed by atoms with van der Waals surface area (Å²) in [6.07, 6.45) is 6.86. The van der Waals surface area contributed by atoms with Crippen molar-refractivity contribution in [2.45, 2.75) is 32.9 Å². The average molecular weight is 453 g/mol. The zero-order valence-electron chi connectivity index (χ0n) is 18.4. The summed E-state index contributed by atoms with van der Waals surface area (Å²) >= 11 is 5.96. The molecule has 0 unspecified atom stereocenters. The molecule has 166 valence electrons. The van der Waals surface area contributed by atoms with E-state index in [1.165, 1.54) is 0 Å². The quantitative estimate of drug-likeness (QED) is 0.530. The van der Waals surface area contributed by atoms with Crippen molar-refractivity contribution in [3.05, 3.63) is 76.8 Å². The van der Waals surface area contributed by atoms with E-state index in [2.05, 4.69) is 9.97 Å². The Morgan fingerprint density at radius 1 is 1.28 bits per heavy atom. The van der Waals surface area contributed by atoms with E-state index in [1.54, 1.807) is 36.7 Å². The maximum Gasteiger partial charge on any atom is 0.289 e. The summed E-state index contributed by atoms with van der Waals surface area (Å²) in [5.41, 5.74) is 3.36. The maximum absolute atomic E-state index is 13.2. The van der Waals surface area contributed by atoms with Crippen LogP contribution in [0.2, 0.25) is 5.02 Å². The number of imidazole rings is 1. The number of carbonyl (C=O) groups excluding carboxylic acids is 1. The SMILES string of the molecule is COc1cc(C=C2O[C@@H](C)CN([C@H](C)c3ccc(Cl)cn3)C2=O)ccc1-n1cnc(C)c1. The number of hydrogen-bond donors (Lipinski definition) is 0. The van der Waals surface area contributed by atoms with Gasteiger partial charge in [0, 0.05) is 12.4 Å². The lowest BCUT2D eigenvalue weighted by atomic mass is 10.1. The lowest BCUT2D eigenvalue weighted by Gasteiger charge is -2.36. The fourth-order valence-electron chi connectivity index (χ4n) is 3.73. The number of hydrogen-bond acceptors (Lipinski definition) is 5. The van der Waals surface area contributed by atoms with Crippen LogP contribution >= 0.6 is 11.6 Å². The van der Waals surface area contributed by atoms with E-state index in [4.69, 9.17) is 21.1 Å². The van der Waals surface area contributed by atoms with Crippen LogP contribution in [0.15, 0.2) is 54.8 Å². The second-order valence-electron chi connectivity index (χ2n) is 7.83. The van der Waals surface area contributed by atoms with Gasteiger partial charge in [-0.2, -0.15) is 0 Å². The third-order valence-electron chi connectivity index (χ3n) is 5.39. The molecule has 1 fully saturated rings. The van der Waals surface area contributed by atoms with Gasteiger partial charge < -0.3 is 18.9 Å². The first-order valence-corrected chi connectivity index (χ1v) is 10.7. The van der Waals surface area contributed by atoms with Crippen LogP contribution in [-0.2, 0) is 9.53 Å². The first-order chi connectivity index (χ1) is 15.4. The van der Waals surface area contributed by atoms with E-state index in [1.807, 2.05) is 55.8 Å². The lowest BCUT2D eigenvalue weighted by molar-refractivity contribution is -0.141. The summed E-state index contributed by atoms with van der Waals surface area (Å²) in [6, 6.07) is 9.14. The highest BCUT2D eigenvalue weighted by molar-refractivity contribution is 6.30. The molecule has 0 N–H and O–H groups in total. The highest BCUT2D eigenvalue weighted by atomic mass is 35.5. The van der Waals surface area contributed by atoms with Crippen molar-refractivity contribution in [1.82, 2.24) is 19.4 Å². The van der Waals surface area contributed by atoms with Gasteiger partial charge in [0.2, 0.25) is 0 Å². The van der Waals surface area contributed by atoms with E-state index >= 15 is 0 Å². The maximum atomic E-state index is 13.2. The standard InChI is InChI=1S/C24H25ClN4O3/c1-15-12-28(14-27-15)21-8-5-18(9-22(21)31-4)10-23-24(30)29(13-16(2)32-23)17(3)20-7-6-19(25)11-26-20/h5-12,14,16-17H,13H2,1-4H3/t16-,17+/m0/s1. The third-order valence-corrected chi connectivity index (χ3v) is 5.61. The predicted octanol–water partition coefficient (Wildman–Crippen LogP) is 4.59. The zero-order chi connectivity index (χ0) is 22.8. The van der Waals surface area contributed by atoms with E-state index < -0.39 is 0 Å². The molecule has 2 aromatic heterocycles. The number of methoxy groups -OCH3 is 1. The second-order valence-corrected chi connectivity index (χ2v) is 8.26. The Labute approximate surface area is 192 Å². The van der Waals surface area contributed by atoms with Crippen molar-refractivity contribution in [2.24, 2.45) is 0 Å². The van der Waals surface area contributed by atoms with Crippen molar-refractivity contribution >= 4 is 23.6 Å². The van der Waals surface area contributed by atoms with Crippen LogP contribution in [0, 0.1) is 6.92 Å². The third kappa shape index (κ3) is 4.48. The number of rotatable bonds is 5. The lowest BCUT2D eigenvalue weighted by Crippen LogP contribution is -2.45. The molecule has 0 radical (unpaired) electrons. The van der Waals surface area contributed by atoms with Crippen LogP contribution in [0.25, 0.3) is 11.8 Å². The predicted molar refractivity (Wildman–Crippen MR) is 123 cm³/mol. The number of benzene rings is 1. The molecule has 7 nitrogen and oxygen atoms in total. The topological polar surface area (TPSA) is 69.5 Å². The minimum Gasteiger partial charge on any atom is -0.495 e. The van der Waals surface area contributed by atoms with Crippen molar-refractivity contribution in [2.75, 3.05) is 13.7 Å². The largest absolute Gasteiger partial charge is 0.495 e. The Hall–Kier alpha value is -3.32. The van der Waals surface area contributed by atoms with Gasteiger partial charge in [-0.25, -0.2) is 4.98 Å². The molecule has 2 atom stereocenters. The Kier molecular flexibility index (Phi) is 6.19. The molecule has 3 heterocycles. The molecule has 4 rings (SSSR count). The monoisotopic (exact) mass is 452 g/mol. The molecule has 32 heavy (non-hydrogen) atoms. The van der Waals surface area contributed by atoms with Gasteiger partial charge in [0.15, 0.2) is 5.76 Å². The molecular weight excluding hydrogens is 428 g/mol. The minimum absolute atomic E-state index is 0.149. The van der Waals surface area contributed by atoms with Gasteiger partial charge in [0.1, 0.15) is 11.9 Å². The first-order valence-electron chi connectivity index (χ1n) is 10.4.